The lowest BCUT2D eigenvalue weighted by Crippen LogP contribution is -2.51. The molecule has 1 saturated heterocycles. The first kappa shape index (κ1) is 24.8. The number of fused-ring (bicyclic) bond motifs is 2. The van der Waals surface area contributed by atoms with Gasteiger partial charge in [-0.2, -0.15) is 8.78 Å². The van der Waals surface area contributed by atoms with E-state index in [0.29, 0.717) is 40.7 Å². The predicted octanol–water partition coefficient (Wildman–Crippen LogP) is 4.65. The van der Waals surface area contributed by atoms with Crippen LogP contribution in [0, 0.1) is 0 Å². The number of amides is 1. The van der Waals surface area contributed by atoms with Gasteiger partial charge in [0.25, 0.3) is 5.91 Å². The summed E-state index contributed by atoms with van der Waals surface area (Å²) < 4.78 is 46.9. The number of nitrogens with one attached hydrogen (secondary N) is 1. The van der Waals surface area contributed by atoms with Gasteiger partial charge in [0.2, 0.25) is 0 Å². The molecule has 0 saturated carbocycles. The number of rotatable bonds is 7. The fraction of sp³-hybridized carbons (Fsp3) is 0.423. The molecule has 2 aromatic carbocycles. The molecule has 36 heavy (non-hydrogen) atoms. The summed E-state index contributed by atoms with van der Waals surface area (Å²) in [4.78, 5) is 15.0. The third-order valence-electron chi connectivity index (χ3n) is 6.58. The van der Waals surface area contributed by atoms with Gasteiger partial charge < -0.3 is 29.2 Å². The summed E-state index contributed by atoms with van der Waals surface area (Å²) in [6.45, 7) is 2.54. The van der Waals surface area contributed by atoms with Gasteiger partial charge in [0.1, 0.15) is 24.9 Å². The van der Waals surface area contributed by atoms with Crippen molar-refractivity contribution in [1.82, 2.24) is 10.2 Å². The number of hydrogen-bond donors (Lipinski definition) is 2. The average Bonchev–Trinajstić information content (AvgIpc) is 3.32. The standard InChI is InChI=1S/C26H27ClF2N2O5/c27-18-5-7-20-17(12-18)14-23(36-20)26(28,29)25(33)30-19(15-31-8-2-1-3-9-31)24(32)16-4-6-21-22(13-16)35-11-10-34-21/h4-7,12-14,19,24,32H,1-3,8-11,15H2,(H,30,33). The number of nitrogens with zero attached hydrogens (tertiary/aromatic N) is 1. The number of alkyl halides is 2. The number of benzene rings is 2. The van der Waals surface area contributed by atoms with Gasteiger partial charge in [-0.3, -0.25) is 4.79 Å². The van der Waals surface area contributed by atoms with Crippen molar-refractivity contribution in [2.24, 2.45) is 0 Å². The normalized spacial score (nSPS) is 18.1. The molecule has 0 aliphatic carbocycles. The third kappa shape index (κ3) is 5.14. The molecule has 2 aliphatic heterocycles. The maximum atomic E-state index is 15.2. The highest BCUT2D eigenvalue weighted by Crippen LogP contribution is 2.36. The summed E-state index contributed by atoms with van der Waals surface area (Å²) in [6, 6.07) is 9.53. The number of piperidine rings is 1. The Morgan fingerprint density at radius 3 is 2.58 bits per heavy atom. The highest BCUT2D eigenvalue weighted by atomic mass is 35.5. The van der Waals surface area contributed by atoms with E-state index >= 15 is 8.78 Å². The molecule has 2 aliphatic rings. The Morgan fingerprint density at radius 1 is 1.06 bits per heavy atom. The van der Waals surface area contributed by atoms with Gasteiger partial charge in [0.05, 0.1) is 6.04 Å². The van der Waals surface area contributed by atoms with Crippen LogP contribution in [0.15, 0.2) is 46.9 Å². The van der Waals surface area contributed by atoms with E-state index in [0.717, 1.165) is 38.4 Å². The van der Waals surface area contributed by atoms with Crippen LogP contribution in [-0.2, 0) is 10.7 Å². The summed E-state index contributed by atoms with van der Waals surface area (Å²) in [5.41, 5.74) is 0.631. The van der Waals surface area contributed by atoms with Crippen LogP contribution in [0.4, 0.5) is 8.78 Å². The summed E-state index contributed by atoms with van der Waals surface area (Å²) in [5, 5.41) is 14.4. The quantitative estimate of drug-likeness (QED) is 0.472. The molecule has 10 heteroatoms. The molecule has 2 unspecified atom stereocenters. The van der Waals surface area contributed by atoms with Crippen molar-refractivity contribution < 1.29 is 32.6 Å². The molecule has 1 amide bonds. The molecule has 0 radical (unpaired) electrons. The number of hydrogen-bond acceptors (Lipinski definition) is 6. The Kier molecular flexibility index (Phi) is 7.05. The van der Waals surface area contributed by atoms with E-state index in [1.807, 2.05) is 0 Å². The molecular formula is C26H27ClF2N2O5. The zero-order valence-corrected chi connectivity index (χ0v) is 20.3. The highest BCUT2D eigenvalue weighted by Gasteiger charge is 2.46. The molecule has 0 bridgehead atoms. The minimum absolute atomic E-state index is 0.197. The highest BCUT2D eigenvalue weighted by molar-refractivity contribution is 6.31. The Bertz CT molecular complexity index is 1240. The Balaban J connectivity index is 1.39. The number of likely N-dealkylation sites (tertiary alicyclic amines) is 1. The number of furan rings is 1. The zero-order chi connectivity index (χ0) is 25.3. The molecule has 1 fully saturated rings. The summed E-state index contributed by atoms with van der Waals surface area (Å²) in [7, 11) is 0. The SMILES string of the molecule is O=C(NC(CN1CCCCC1)C(O)c1ccc2c(c1)OCCO2)C(F)(F)c1cc2cc(Cl)ccc2o1. The second kappa shape index (κ2) is 10.2. The number of carbonyl (C=O) groups excluding carboxylic acids is 1. The predicted molar refractivity (Wildman–Crippen MR) is 130 cm³/mol. The van der Waals surface area contributed by atoms with E-state index in [-0.39, 0.29) is 12.1 Å². The number of halogens is 3. The van der Waals surface area contributed by atoms with Crippen LogP contribution in [-0.4, -0.2) is 54.8 Å². The van der Waals surface area contributed by atoms with Crippen molar-refractivity contribution in [2.45, 2.75) is 37.3 Å². The van der Waals surface area contributed by atoms with Crippen molar-refractivity contribution in [1.29, 1.82) is 0 Å². The van der Waals surface area contributed by atoms with E-state index in [4.69, 9.17) is 25.5 Å². The van der Waals surface area contributed by atoms with Gasteiger partial charge >= 0.3 is 5.92 Å². The smallest absolute Gasteiger partial charge is 0.380 e. The fourth-order valence-electron chi connectivity index (χ4n) is 4.66. The maximum Gasteiger partial charge on any atom is 0.380 e. The molecule has 2 atom stereocenters. The first-order valence-electron chi connectivity index (χ1n) is 12.0. The van der Waals surface area contributed by atoms with Crippen molar-refractivity contribution in [3.8, 4) is 11.5 Å². The first-order valence-corrected chi connectivity index (χ1v) is 12.4. The molecule has 1 aromatic heterocycles. The van der Waals surface area contributed by atoms with Crippen LogP contribution in [0.3, 0.4) is 0 Å². The van der Waals surface area contributed by atoms with Crippen molar-refractivity contribution >= 4 is 28.5 Å². The largest absolute Gasteiger partial charge is 0.486 e. The maximum absolute atomic E-state index is 15.2. The molecule has 5 rings (SSSR count). The number of aliphatic hydroxyl groups excluding tert-OH is 1. The van der Waals surface area contributed by atoms with Crippen molar-refractivity contribution in [3.63, 3.8) is 0 Å². The minimum Gasteiger partial charge on any atom is -0.486 e. The van der Waals surface area contributed by atoms with Crippen LogP contribution in [0.25, 0.3) is 11.0 Å². The lowest BCUT2D eigenvalue weighted by Gasteiger charge is -2.34. The molecule has 3 aromatic rings. The number of carbonyl (C=O) groups is 1. The van der Waals surface area contributed by atoms with Gasteiger partial charge in [0.15, 0.2) is 17.3 Å². The molecule has 3 heterocycles. The van der Waals surface area contributed by atoms with Crippen LogP contribution in [0.5, 0.6) is 11.5 Å². The Labute approximate surface area is 211 Å². The molecular weight excluding hydrogens is 494 g/mol. The molecule has 0 spiro atoms. The van der Waals surface area contributed by atoms with E-state index in [9.17, 15) is 9.90 Å². The lowest BCUT2D eigenvalue weighted by molar-refractivity contribution is -0.151. The fourth-order valence-corrected chi connectivity index (χ4v) is 4.84. The lowest BCUT2D eigenvalue weighted by atomic mass is 9.99. The van der Waals surface area contributed by atoms with E-state index in [1.54, 1.807) is 18.2 Å². The van der Waals surface area contributed by atoms with Gasteiger partial charge in [-0.25, -0.2) is 0 Å². The summed E-state index contributed by atoms with van der Waals surface area (Å²) in [6.07, 6.45) is 1.78. The number of aliphatic hydroxyl groups is 1. The summed E-state index contributed by atoms with van der Waals surface area (Å²) >= 11 is 5.95. The third-order valence-corrected chi connectivity index (χ3v) is 6.82. The van der Waals surface area contributed by atoms with E-state index in [2.05, 4.69) is 10.2 Å². The topological polar surface area (TPSA) is 84.2 Å². The second-order valence-corrected chi connectivity index (χ2v) is 9.59. The minimum atomic E-state index is -3.96. The van der Waals surface area contributed by atoms with Gasteiger partial charge in [-0.05, 0) is 67.9 Å². The van der Waals surface area contributed by atoms with Crippen molar-refractivity contribution in [2.75, 3.05) is 32.8 Å². The van der Waals surface area contributed by atoms with Crippen LogP contribution >= 0.6 is 11.6 Å². The summed E-state index contributed by atoms with van der Waals surface area (Å²) in [5.74, 6) is -5.29. The molecule has 2 N–H and O–H groups in total. The first-order chi connectivity index (χ1) is 17.3. The van der Waals surface area contributed by atoms with Crippen LogP contribution < -0.4 is 14.8 Å². The van der Waals surface area contributed by atoms with Gasteiger partial charge in [0, 0.05) is 17.0 Å². The zero-order valence-electron chi connectivity index (χ0n) is 19.5. The number of ether oxygens (including phenoxy) is 2. The molecule has 192 valence electrons. The van der Waals surface area contributed by atoms with Crippen LogP contribution in [0.1, 0.15) is 36.7 Å². The monoisotopic (exact) mass is 520 g/mol. The van der Waals surface area contributed by atoms with E-state index in [1.165, 1.54) is 18.2 Å². The Morgan fingerprint density at radius 2 is 1.81 bits per heavy atom. The molecule has 7 nitrogen and oxygen atoms in total. The van der Waals surface area contributed by atoms with Gasteiger partial charge in [-0.15, -0.1) is 0 Å². The Hall–Kier alpha value is -2.88. The van der Waals surface area contributed by atoms with Crippen molar-refractivity contribution in [3.05, 3.63) is 58.8 Å². The average molecular weight is 521 g/mol. The second-order valence-electron chi connectivity index (χ2n) is 9.16. The van der Waals surface area contributed by atoms with Gasteiger partial charge in [-0.1, -0.05) is 24.1 Å². The van der Waals surface area contributed by atoms with E-state index < -0.39 is 29.7 Å². The van der Waals surface area contributed by atoms with Crippen LogP contribution in [0.2, 0.25) is 5.02 Å².